The highest BCUT2D eigenvalue weighted by atomic mass is 16.6. The second kappa shape index (κ2) is 8.42. The van der Waals surface area contributed by atoms with Crippen LogP contribution in [0.15, 0.2) is 24.3 Å². The lowest BCUT2D eigenvalue weighted by Gasteiger charge is -2.37. The quantitative estimate of drug-likeness (QED) is 0.790. The van der Waals surface area contributed by atoms with Crippen molar-refractivity contribution in [2.24, 2.45) is 5.41 Å². The number of hydrogen-bond acceptors (Lipinski definition) is 5. The van der Waals surface area contributed by atoms with Gasteiger partial charge in [-0.15, -0.1) is 0 Å². The first-order chi connectivity index (χ1) is 13.6. The first-order valence-corrected chi connectivity index (χ1v) is 11.1. The van der Waals surface area contributed by atoms with Crippen LogP contribution in [0.25, 0.3) is 0 Å². The molecule has 3 saturated heterocycles. The number of anilines is 1. The molecule has 154 valence electrons. The van der Waals surface area contributed by atoms with Crippen molar-refractivity contribution in [2.75, 3.05) is 50.7 Å². The predicted molar refractivity (Wildman–Crippen MR) is 113 cm³/mol. The van der Waals surface area contributed by atoms with Gasteiger partial charge in [0.15, 0.2) is 0 Å². The minimum Gasteiger partial charge on any atom is -0.462 e. The lowest BCUT2D eigenvalue weighted by molar-refractivity contribution is -0.150. The molecule has 3 fully saturated rings. The van der Waals surface area contributed by atoms with Crippen molar-refractivity contribution in [3.63, 3.8) is 0 Å². The zero-order valence-corrected chi connectivity index (χ0v) is 17.5. The number of ether oxygens (including phenoxy) is 1. The van der Waals surface area contributed by atoms with Crippen molar-refractivity contribution in [3.05, 3.63) is 29.8 Å². The van der Waals surface area contributed by atoms with E-state index in [0.29, 0.717) is 5.92 Å². The molecule has 1 aromatic carbocycles. The molecule has 1 N–H and O–H groups in total. The third-order valence-electron chi connectivity index (χ3n) is 6.92. The topological polar surface area (TPSA) is 44.8 Å². The Labute approximate surface area is 169 Å². The molecule has 0 aliphatic carbocycles. The number of cyclic esters (lactones) is 1. The highest BCUT2D eigenvalue weighted by Gasteiger charge is 2.49. The molecule has 3 aliphatic heterocycles. The largest absolute Gasteiger partial charge is 0.462 e. The molecule has 3 heterocycles. The van der Waals surface area contributed by atoms with Crippen molar-refractivity contribution in [3.8, 4) is 0 Å². The average molecular weight is 386 g/mol. The summed E-state index contributed by atoms with van der Waals surface area (Å²) < 4.78 is 5.77. The van der Waals surface area contributed by atoms with E-state index >= 15 is 0 Å². The van der Waals surface area contributed by atoms with E-state index in [4.69, 9.17) is 4.74 Å². The van der Waals surface area contributed by atoms with Gasteiger partial charge in [-0.3, -0.25) is 9.69 Å². The molecule has 0 aromatic heterocycles. The molecule has 0 amide bonds. The molecule has 0 radical (unpaired) electrons. The van der Waals surface area contributed by atoms with Gasteiger partial charge in [0, 0.05) is 44.8 Å². The minimum atomic E-state index is -0.185. The maximum absolute atomic E-state index is 12.4. The van der Waals surface area contributed by atoms with Crippen molar-refractivity contribution in [1.29, 1.82) is 0 Å². The number of para-hydroxylation sites is 1. The van der Waals surface area contributed by atoms with Gasteiger partial charge in [-0.2, -0.15) is 0 Å². The molecule has 28 heavy (non-hydrogen) atoms. The molecule has 0 unspecified atom stereocenters. The Balaban J connectivity index is 1.26. The molecule has 3 aliphatic rings. The fourth-order valence-electron chi connectivity index (χ4n) is 5.11. The van der Waals surface area contributed by atoms with E-state index in [0.717, 1.165) is 71.5 Å². The number of benzene rings is 1. The van der Waals surface area contributed by atoms with Crippen molar-refractivity contribution < 1.29 is 9.53 Å². The molecule has 0 saturated carbocycles. The first-order valence-electron chi connectivity index (χ1n) is 11.1. The number of hydrogen-bond donors (Lipinski definition) is 1. The number of nitrogens with one attached hydrogen (secondary N) is 1. The molecule has 4 rings (SSSR count). The van der Waals surface area contributed by atoms with Gasteiger partial charge >= 0.3 is 5.97 Å². The van der Waals surface area contributed by atoms with Crippen LogP contribution in [0.2, 0.25) is 0 Å². The number of esters is 1. The Morgan fingerprint density at radius 3 is 2.57 bits per heavy atom. The molecule has 0 bridgehead atoms. The third-order valence-corrected chi connectivity index (χ3v) is 6.92. The zero-order valence-electron chi connectivity index (χ0n) is 17.5. The maximum Gasteiger partial charge on any atom is 0.312 e. The number of carbonyl (C=O) groups is 1. The highest BCUT2D eigenvalue weighted by Crippen LogP contribution is 2.42. The van der Waals surface area contributed by atoms with E-state index in [1.165, 1.54) is 11.3 Å². The lowest BCUT2D eigenvalue weighted by Crippen LogP contribution is -2.47. The van der Waals surface area contributed by atoms with Crippen LogP contribution in [0.5, 0.6) is 0 Å². The standard InChI is InChI=1S/C23H35N3O2/c1-18(2)20-5-3-4-6-21(20)26-15-13-25(14-16-26)12-7-19-17-23(22(27)28-19)8-10-24-11-9-23/h3-6,18-19,24H,7-17H2,1-2H3/t19-/m0/s1. The summed E-state index contributed by atoms with van der Waals surface area (Å²) in [6.07, 6.45) is 3.90. The number of piperidine rings is 1. The summed E-state index contributed by atoms with van der Waals surface area (Å²) in [5.41, 5.74) is 2.66. The summed E-state index contributed by atoms with van der Waals surface area (Å²) in [4.78, 5) is 17.5. The van der Waals surface area contributed by atoms with Crippen LogP contribution in [-0.2, 0) is 9.53 Å². The summed E-state index contributed by atoms with van der Waals surface area (Å²) in [6, 6.07) is 8.82. The predicted octanol–water partition coefficient (Wildman–Crippen LogP) is 3.01. The fourth-order valence-corrected chi connectivity index (χ4v) is 5.11. The van der Waals surface area contributed by atoms with E-state index < -0.39 is 0 Å². The molecule has 5 nitrogen and oxygen atoms in total. The Morgan fingerprint density at radius 2 is 1.86 bits per heavy atom. The van der Waals surface area contributed by atoms with E-state index in [2.05, 4.69) is 53.2 Å². The number of piperazine rings is 1. The highest BCUT2D eigenvalue weighted by molar-refractivity contribution is 5.79. The SMILES string of the molecule is CC(C)c1ccccc1N1CCN(CC[C@H]2CC3(CCNCC3)C(=O)O2)CC1. The van der Waals surface area contributed by atoms with Gasteiger partial charge in [0.1, 0.15) is 6.10 Å². The number of rotatable bonds is 5. The zero-order chi connectivity index (χ0) is 19.6. The molecular formula is C23H35N3O2. The molecule has 1 spiro atoms. The van der Waals surface area contributed by atoms with Crippen LogP contribution in [0, 0.1) is 5.41 Å². The van der Waals surface area contributed by atoms with Crippen LogP contribution in [0.1, 0.15) is 51.0 Å². The van der Waals surface area contributed by atoms with Crippen LogP contribution in [0.3, 0.4) is 0 Å². The van der Waals surface area contributed by atoms with E-state index in [9.17, 15) is 4.79 Å². The Morgan fingerprint density at radius 1 is 1.14 bits per heavy atom. The summed E-state index contributed by atoms with van der Waals surface area (Å²) in [6.45, 7) is 11.8. The molecule has 1 atom stereocenters. The van der Waals surface area contributed by atoms with Gasteiger partial charge in [-0.1, -0.05) is 32.0 Å². The van der Waals surface area contributed by atoms with Crippen LogP contribution >= 0.6 is 0 Å². The normalized spacial score (nSPS) is 25.5. The maximum atomic E-state index is 12.4. The van der Waals surface area contributed by atoms with E-state index in [-0.39, 0.29) is 17.5 Å². The van der Waals surface area contributed by atoms with Crippen LogP contribution in [0.4, 0.5) is 5.69 Å². The molecule has 1 aromatic rings. The van der Waals surface area contributed by atoms with Gasteiger partial charge < -0.3 is 15.0 Å². The van der Waals surface area contributed by atoms with Crippen molar-refractivity contribution in [2.45, 2.75) is 51.6 Å². The van der Waals surface area contributed by atoms with Crippen LogP contribution in [-0.4, -0.2) is 62.8 Å². The van der Waals surface area contributed by atoms with E-state index in [1.54, 1.807) is 0 Å². The van der Waals surface area contributed by atoms with Gasteiger partial charge in [-0.05, 0) is 49.9 Å². The first kappa shape index (κ1) is 19.7. The third kappa shape index (κ3) is 4.06. The second-order valence-corrected chi connectivity index (χ2v) is 9.09. The minimum absolute atomic E-state index is 0.0640. The Bertz CT molecular complexity index is 676. The number of carbonyl (C=O) groups excluding carboxylic acids is 1. The lowest BCUT2D eigenvalue weighted by atomic mass is 9.76. The number of nitrogens with zero attached hydrogens (tertiary/aromatic N) is 2. The monoisotopic (exact) mass is 385 g/mol. The molecular weight excluding hydrogens is 350 g/mol. The smallest absolute Gasteiger partial charge is 0.312 e. The Kier molecular flexibility index (Phi) is 5.93. The van der Waals surface area contributed by atoms with E-state index in [1.807, 2.05) is 0 Å². The summed E-state index contributed by atoms with van der Waals surface area (Å²) in [5.74, 6) is 0.614. The molecule has 5 heteroatoms. The summed E-state index contributed by atoms with van der Waals surface area (Å²) >= 11 is 0. The van der Waals surface area contributed by atoms with Gasteiger partial charge in [-0.25, -0.2) is 0 Å². The second-order valence-electron chi connectivity index (χ2n) is 9.09. The van der Waals surface area contributed by atoms with Gasteiger partial charge in [0.05, 0.1) is 5.41 Å². The van der Waals surface area contributed by atoms with Crippen molar-refractivity contribution >= 4 is 11.7 Å². The van der Waals surface area contributed by atoms with Crippen molar-refractivity contribution in [1.82, 2.24) is 10.2 Å². The van der Waals surface area contributed by atoms with Gasteiger partial charge in [0.25, 0.3) is 0 Å². The summed E-state index contributed by atoms with van der Waals surface area (Å²) in [5, 5.41) is 3.36. The Hall–Kier alpha value is -1.59. The van der Waals surface area contributed by atoms with Gasteiger partial charge in [0.2, 0.25) is 0 Å². The van der Waals surface area contributed by atoms with Crippen LogP contribution < -0.4 is 10.2 Å². The fraction of sp³-hybridized carbons (Fsp3) is 0.696. The summed E-state index contributed by atoms with van der Waals surface area (Å²) in [7, 11) is 0. The average Bonchev–Trinajstić information content (AvgIpc) is 3.02.